The van der Waals surface area contributed by atoms with E-state index < -0.39 is 0 Å². The van der Waals surface area contributed by atoms with Crippen molar-refractivity contribution >= 4 is 35.1 Å². The molecule has 0 aromatic heterocycles. The number of piperazine rings is 1. The maximum Gasteiger partial charge on any atom is 0.320 e. The van der Waals surface area contributed by atoms with Crippen LogP contribution in [0.2, 0.25) is 10.0 Å². The number of hydrogen-bond acceptors (Lipinski definition) is 3. The molecule has 0 unspecified atom stereocenters. The average molecular weight is 370 g/mol. The fourth-order valence-corrected chi connectivity index (χ4v) is 3.56. The van der Waals surface area contributed by atoms with Crippen molar-refractivity contribution < 1.29 is 14.7 Å². The van der Waals surface area contributed by atoms with Gasteiger partial charge in [-0.1, -0.05) is 29.3 Å². The van der Waals surface area contributed by atoms with E-state index in [2.05, 4.69) is 0 Å². The van der Waals surface area contributed by atoms with Crippen LogP contribution in [0.5, 0.6) is 5.75 Å². The van der Waals surface area contributed by atoms with Gasteiger partial charge in [0.25, 0.3) is 0 Å². The SMILES string of the molecule is CN(C)C(=O)N1CC(=O)N2C[C@@H](c3c(O)ccc(Cl)c3Cl)C=C2C1. The van der Waals surface area contributed by atoms with Crippen molar-refractivity contribution in [1.82, 2.24) is 14.7 Å². The molecule has 2 heterocycles. The molecular formula is C16H17Cl2N3O3. The van der Waals surface area contributed by atoms with E-state index in [-0.39, 0.29) is 35.2 Å². The molecule has 24 heavy (non-hydrogen) atoms. The number of aromatic hydroxyl groups is 1. The molecule has 6 nitrogen and oxygen atoms in total. The predicted molar refractivity (Wildman–Crippen MR) is 91.3 cm³/mol. The summed E-state index contributed by atoms with van der Waals surface area (Å²) in [6.45, 7) is 0.764. The number of benzene rings is 1. The summed E-state index contributed by atoms with van der Waals surface area (Å²) in [7, 11) is 3.30. The third-order valence-electron chi connectivity index (χ3n) is 4.23. The van der Waals surface area contributed by atoms with Crippen molar-refractivity contribution in [3.63, 3.8) is 0 Å². The van der Waals surface area contributed by atoms with Crippen LogP contribution in [0.15, 0.2) is 23.9 Å². The predicted octanol–water partition coefficient (Wildman–Crippen LogP) is 2.51. The Labute approximate surface area is 149 Å². The van der Waals surface area contributed by atoms with Crippen molar-refractivity contribution in [3.05, 3.63) is 39.5 Å². The van der Waals surface area contributed by atoms with Gasteiger partial charge in [-0.2, -0.15) is 0 Å². The van der Waals surface area contributed by atoms with Gasteiger partial charge in [0.1, 0.15) is 12.3 Å². The second kappa shape index (κ2) is 6.18. The molecule has 0 bridgehead atoms. The van der Waals surface area contributed by atoms with Crippen molar-refractivity contribution in [2.45, 2.75) is 5.92 Å². The zero-order valence-corrected chi connectivity index (χ0v) is 14.8. The topological polar surface area (TPSA) is 64.1 Å². The van der Waals surface area contributed by atoms with E-state index in [0.717, 1.165) is 5.70 Å². The minimum absolute atomic E-state index is 0.0380. The number of rotatable bonds is 1. The van der Waals surface area contributed by atoms with E-state index in [1.165, 1.54) is 21.9 Å². The van der Waals surface area contributed by atoms with Crippen molar-refractivity contribution in [2.24, 2.45) is 0 Å². The molecule has 0 spiro atoms. The van der Waals surface area contributed by atoms with E-state index in [1.807, 2.05) is 6.08 Å². The van der Waals surface area contributed by atoms with E-state index in [1.54, 1.807) is 19.0 Å². The fraction of sp³-hybridized carbons (Fsp3) is 0.375. The summed E-state index contributed by atoms with van der Waals surface area (Å²) in [6.07, 6.45) is 1.87. The van der Waals surface area contributed by atoms with Crippen LogP contribution >= 0.6 is 23.2 Å². The normalized spacial score (nSPS) is 20.1. The Morgan fingerprint density at radius 3 is 2.67 bits per heavy atom. The summed E-state index contributed by atoms with van der Waals surface area (Å²) in [5, 5.41) is 10.8. The molecule has 1 fully saturated rings. The highest BCUT2D eigenvalue weighted by Gasteiger charge is 2.38. The van der Waals surface area contributed by atoms with E-state index >= 15 is 0 Å². The molecule has 128 valence electrons. The van der Waals surface area contributed by atoms with E-state index in [4.69, 9.17) is 23.2 Å². The summed E-state index contributed by atoms with van der Waals surface area (Å²) in [5.41, 5.74) is 1.24. The molecule has 1 aromatic carbocycles. The molecule has 0 radical (unpaired) electrons. The van der Waals surface area contributed by atoms with Gasteiger partial charge in [0.05, 0.1) is 16.6 Å². The Balaban J connectivity index is 1.91. The van der Waals surface area contributed by atoms with E-state index in [0.29, 0.717) is 23.7 Å². The number of urea groups is 1. The molecular weight excluding hydrogens is 353 g/mol. The highest BCUT2D eigenvalue weighted by molar-refractivity contribution is 6.42. The first-order valence-corrected chi connectivity index (χ1v) is 8.19. The average Bonchev–Trinajstić information content (AvgIpc) is 2.94. The third-order valence-corrected chi connectivity index (χ3v) is 5.05. The first-order valence-electron chi connectivity index (χ1n) is 7.43. The lowest BCUT2D eigenvalue weighted by molar-refractivity contribution is -0.131. The first kappa shape index (κ1) is 16.9. The van der Waals surface area contributed by atoms with Gasteiger partial charge >= 0.3 is 6.03 Å². The molecule has 1 saturated heterocycles. The monoisotopic (exact) mass is 369 g/mol. The summed E-state index contributed by atoms with van der Waals surface area (Å²) >= 11 is 12.3. The quantitative estimate of drug-likeness (QED) is 0.826. The zero-order valence-electron chi connectivity index (χ0n) is 13.3. The third kappa shape index (κ3) is 2.80. The van der Waals surface area contributed by atoms with Crippen LogP contribution in [0.25, 0.3) is 0 Å². The van der Waals surface area contributed by atoms with Crippen molar-refractivity contribution in [2.75, 3.05) is 33.7 Å². The molecule has 2 aliphatic heterocycles. The maximum absolute atomic E-state index is 12.4. The maximum atomic E-state index is 12.4. The second-order valence-electron chi connectivity index (χ2n) is 6.10. The van der Waals surface area contributed by atoms with Gasteiger partial charge in [-0.15, -0.1) is 0 Å². The number of phenolic OH excluding ortho intramolecular Hbond substituents is 1. The van der Waals surface area contributed by atoms with Crippen molar-refractivity contribution in [1.29, 1.82) is 0 Å². The highest BCUT2D eigenvalue weighted by atomic mass is 35.5. The number of carbonyl (C=O) groups excluding carboxylic acids is 2. The van der Waals surface area contributed by atoms with Crippen LogP contribution in [0.4, 0.5) is 4.79 Å². The summed E-state index contributed by atoms with van der Waals surface area (Å²) in [5.74, 6) is -0.368. The van der Waals surface area contributed by atoms with Crippen LogP contribution in [0.1, 0.15) is 11.5 Å². The van der Waals surface area contributed by atoms with Gasteiger partial charge in [0.2, 0.25) is 5.91 Å². The lowest BCUT2D eigenvalue weighted by Crippen LogP contribution is -2.52. The van der Waals surface area contributed by atoms with Gasteiger partial charge in [0, 0.05) is 37.8 Å². The number of hydrogen-bond donors (Lipinski definition) is 1. The first-order chi connectivity index (χ1) is 11.3. The lowest BCUT2D eigenvalue weighted by atomic mass is 9.99. The molecule has 3 amide bonds. The zero-order chi connectivity index (χ0) is 17.6. The number of nitrogens with zero attached hydrogens (tertiary/aromatic N) is 3. The Bertz CT molecular complexity index is 748. The molecule has 1 N–H and O–H groups in total. The highest BCUT2D eigenvalue weighted by Crippen LogP contribution is 2.42. The minimum atomic E-state index is -0.260. The molecule has 2 aliphatic rings. The smallest absolute Gasteiger partial charge is 0.320 e. The Kier molecular flexibility index (Phi) is 4.36. The minimum Gasteiger partial charge on any atom is -0.508 e. The molecule has 0 saturated carbocycles. The second-order valence-corrected chi connectivity index (χ2v) is 6.88. The van der Waals surface area contributed by atoms with Crippen LogP contribution in [0.3, 0.4) is 0 Å². The van der Waals surface area contributed by atoms with Gasteiger partial charge in [-0.3, -0.25) is 4.79 Å². The van der Waals surface area contributed by atoms with E-state index in [9.17, 15) is 14.7 Å². The van der Waals surface area contributed by atoms with Gasteiger partial charge < -0.3 is 19.8 Å². The Morgan fingerprint density at radius 1 is 1.29 bits per heavy atom. The van der Waals surface area contributed by atoms with Crippen LogP contribution in [-0.4, -0.2) is 65.5 Å². The number of fused-ring (bicyclic) bond motifs is 1. The summed E-state index contributed by atoms with van der Waals surface area (Å²) < 4.78 is 0. The number of halogens is 2. The molecule has 0 aliphatic carbocycles. The molecule has 1 atom stereocenters. The van der Waals surface area contributed by atoms with Gasteiger partial charge in [-0.25, -0.2) is 4.79 Å². The van der Waals surface area contributed by atoms with Gasteiger partial charge in [-0.05, 0) is 12.1 Å². The molecule has 3 rings (SSSR count). The number of carbonyl (C=O) groups is 2. The largest absolute Gasteiger partial charge is 0.508 e. The van der Waals surface area contributed by atoms with Gasteiger partial charge in [0.15, 0.2) is 0 Å². The fourth-order valence-electron chi connectivity index (χ4n) is 3.09. The van der Waals surface area contributed by atoms with Crippen LogP contribution in [-0.2, 0) is 4.79 Å². The molecule has 1 aromatic rings. The standard InChI is InChI=1S/C16H17Cl2N3O3/c1-19(2)16(24)20-7-10-5-9(6-21(10)13(23)8-20)14-12(22)4-3-11(17)15(14)18/h3-5,9,22H,6-8H2,1-2H3/t9-/m0/s1. The Hall–Kier alpha value is -1.92. The number of amides is 3. The van der Waals surface area contributed by atoms with Crippen molar-refractivity contribution in [3.8, 4) is 5.75 Å². The Morgan fingerprint density at radius 2 is 2.00 bits per heavy atom. The van der Waals surface area contributed by atoms with Crippen LogP contribution in [0, 0.1) is 0 Å². The number of phenols is 1. The molecule has 8 heteroatoms. The summed E-state index contributed by atoms with van der Waals surface area (Å²) in [6, 6.07) is 2.81. The summed E-state index contributed by atoms with van der Waals surface area (Å²) in [4.78, 5) is 29.1. The lowest BCUT2D eigenvalue weighted by Gasteiger charge is -2.35. The van der Waals surface area contributed by atoms with Crippen LogP contribution < -0.4 is 0 Å².